The molecule has 9 heteroatoms. The van der Waals surface area contributed by atoms with Gasteiger partial charge in [-0.05, 0) is 48.4 Å². The molecule has 0 bridgehead atoms. The zero-order valence-electron chi connectivity index (χ0n) is 16.0. The van der Waals surface area contributed by atoms with Gasteiger partial charge in [0, 0.05) is 35.0 Å². The number of aromatic nitrogens is 7. The number of tetrazole rings is 1. The molecule has 0 atom stereocenters. The molecule has 0 amide bonds. The zero-order chi connectivity index (χ0) is 20.4. The molecule has 30 heavy (non-hydrogen) atoms. The van der Waals surface area contributed by atoms with Crippen LogP contribution >= 0.6 is 0 Å². The number of anilines is 1. The van der Waals surface area contributed by atoms with Gasteiger partial charge in [-0.3, -0.25) is 4.98 Å². The Morgan fingerprint density at radius 1 is 1.00 bits per heavy atom. The van der Waals surface area contributed by atoms with Crippen LogP contribution in [0.2, 0.25) is 0 Å². The van der Waals surface area contributed by atoms with Crippen LogP contribution in [0.3, 0.4) is 0 Å². The minimum atomic E-state index is -0.784. The Bertz CT molecular complexity index is 1110. The van der Waals surface area contributed by atoms with Gasteiger partial charge in [0.1, 0.15) is 12.0 Å². The van der Waals surface area contributed by atoms with E-state index in [1.54, 1.807) is 6.20 Å². The van der Waals surface area contributed by atoms with E-state index >= 15 is 0 Å². The summed E-state index contributed by atoms with van der Waals surface area (Å²) >= 11 is 0. The number of hydrogen-bond donors (Lipinski definition) is 2. The number of nitrogens with zero attached hydrogens (tertiary/aromatic N) is 6. The van der Waals surface area contributed by atoms with Crippen molar-refractivity contribution in [1.29, 1.82) is 0 Å². The summed E-state index contributed by atoms with van der Waals surface area (Å²) in [6.45, 7) is 0.561. The molecule has 150 valence electrons. The highest BCUT2D eigenvalue weighted by atomic mass is 19.1. The first-order valence-corrected chi connectivity index (χ1v) is 9.69. The molecule has 0 spiro atoms. The number of H-pyrrole nitrogens is 1. The summed E-state index contributed by atoms with van der Waals surface area (Å²) in [4.78, 5) is 4.44. The molecule has 0 radical (unpaired) electrons. The van der Waals surface area contributed by atoms with E-state index in [0.29, 0.717) is 31.0 Å². The largest absolute Gasteiger partial charge is 0.368 e. The van der Waals surface area contributed by atoms with Crippen molar-refractivity contribution in [2.24, 2.45) is 0 Å². The Kier molecular flexibility index (Phi) is 4.62. The summed E-state index contributed by atoms with van der Waals surface area (Å²) in [7, 11) is 0. The molecule has 4 aromatic rings. The molecular weight excluding hydrogens is 383 g/mol. The first-order chi connectivity index (χ1) is 14.7. The first kappa shape index (κ1) is 18.3. The predicted octanol–water partition coefficient (Wildman–Crippen LogP) is 3.20. The van der Waals surface area contributed by atoms with Gasteiger partial charge in [0.15, 0.2) is 0 Å². The van der Waals surface area contributed by atoms with Crippen LogP contribution in [-0.2, 0) is 5.41 Å². The van der Waals surface area contributed by atoms with Gasteiger partial charge in [0.2, 0.25) is 5.82 Å². The second-order valence-corrected chi connectivity index (χ2v) is 7.47. The minimum Gasteiger partial charge on any atom is -0.368 e. The van der Waals surface area contributed by atoms with Crippen molar-refractivity contribution in [2.75, 3.05) is 11.9 Å². The average Bonchev–Trinajstić information content (AvgIpc) is 3.32. The fraction of sp³-hybridized carbons (Fsp3) is 0.238. The van der Waals surface area contributed by atoms with Crippen molar-refractivity contribution in [1.82, 2.24) is 35.8 Å². The van der Waals surface area contributed by atoms with E-state index in [0.717, 1.165) is 22.5 Å². The van der Waals surface area contributed by atoms with Gasteiger partial charge in [-0.2, -0.15) is 5.21 Å². The van der Waals surface area contributed by atoms with E-state index in [9.17, 15) is 4.39 Å². The lowest BCUT2D eigenvalue weighted by atomic mass is 9.65. The monoisotopic (exact) mass is 402 g/mol. The first-order valence-electron chi connectivity index (χ1n) is 9.69. The number of rotatable bonds is 6. The quantitative estimate of drug-likeness (QED) is 0.510. The van der Waals surface area contributed by atoms with Gasteiger partial charge in [-0.25, -0.2) is 4.39 Å². The van der Waals surface area contributed by atoms with Crippen molar-refractivity contribution in [3.8, 4) is 22.6 Å². The van der Waals surface area contributed by atoms with Gasteiger partial charge in [-0.1, -0.05) is 24.3 Å². The topological polar surface area (TPSA) is 105 Å². The summed E-state index contributed by atoms with van der Waals surface area (Å²) in [5.41, 5.74) is 3.08. The van der Waals surface area contributed by atoms with Gasteiger partial charge >= 0.3 is 0 Å². The van der Waals surface area contributed by atoms with E-state index in [1.165, 1.54) is 0 Å². The molecule has 0 unspecified atom stereocenters. The maximum absolute atomic E-state index is 13.7. The number of hydrogen-bond acceptors (Lipinski definition) is 7. The van der Waals surface area contributed by atoms with E-state index in [2.05, 4.69) is 41.1 Å². The lowest BCUT2D eigenvalue weighted by Gasteiger charge is -2.43. The SMILES string of the molecule is FC1CC(CNc2ccc(-c3cccc(-c4nn[nH]n4)c3)nn2)(c2ccccn2)C1. The number of benzene rings is 1. The van der Waals surface area contributed by atoms with E-state index < -0.39 is 6.17 Å². The smallest absolute Gasteiger partial charge is 0.204 e. The van der Waals surface area contributed by atoms with Crippen LogP contribution < -0.4 is 5.32 Å². The van der Waals surface area contributed by atoms with Gasteiger partial charge in [0.25, 0.3) is 0 Å². The Morgan fingerprint density at radius 3 is 2.60 bits per heavy atom. The number of alkyl halides is 1. The van der Waals surface area contributed by atoms with E-state index in [4.69, 9.17) is 0 Å². The molecule has 8 nitrogen and oxygen atoms in total. The fourth-order valence-corrected chi connectivity index (χ4v) is 3.85. The van der Waals surface area contributed by atoms with Crippen molar-refractivity contribution in [3.63, 3.8) is 0 Å². The van der Waals surface area contributed by atoms with Crippen molar-refractivity contribution in [2.45, 2.75) is 24.4 Å². The molecule has 2 N–H and O–H groups in total. The Morgan fingerprint density at radius 2 is 1.90 bits per heavy atom. The fourth-order valence-electron chi connectivity index (χ4n) is 3.85. The third-order valence-electron chi connectivity index (χ3n) is 5.47. The predicted molar refractivity (Wildman–Crippen MR) is 109 cm³/mol. The zero-order valence-corrected chi connectivity index (χ0v) is 16.0. The van der Waals surface area contributed by atoms with Crippen LogP contribution in [0.5, 0.6) is 0 Å². The van der Waals surface area contributed by atoms with E-state index in [-0.39, 0.29) is 5.41 Å². The highest BCUT2D eigenvalue weighted by Gasteiger charge is 2.46. The van der Waals surface area contributed by atoms with Gasteiger partial charge in [-0.15, -0.1) is 20.4 Å². The molecule has 0 aliphatic heterocycles. The second kappa shape index (κ2) is 7.58. The summed E-state index contributed by atoms with van der Waals surface area (Å²) in [6.07, 6.45) is 1.89. The van der Waals surface area contributed by atoms with Crippen molar-refractivity contribution < 1.29 is 4.39 Å². The Balaban J connectivity index is 1.31. The highest BCUT2D eigenvalue weighted by Crippen LogP contribution is 2.44. The minimum absolute atomic E-state index is 0.306. The lowest BCUT2D eigenvalue weighted by Crippen LogP contribution is -2.48. The standard InChI is InChI=1S/C21H19FN8/c22-16-11-21(12-16,18-6-1-2-9-23-18)13-24-19-8-7-17(25-26-19)14-4-3-5-15(10-14)20-27-29-30-28-20/h1-10,16H,11-13H2,(H,24,26)(H,27,28,29,30). The summed E-state index contributed by atoms with van der Waals surface area (Å²) in [6, 6.07) is 17.2. The molecule has 1 fully saturated rings. The molecule has 1 aliphatic rings. The van der Waals surface area contributed by atoms with Crippen LogP contribution in [0.4, 0.5) is 10.2 Å². The molecule has 1 aliphatic carbocycles. The molecule has 0 saturated heterocycles. The number of nitrogens with one attached hydrogen (secondary N) is 2. The Labute approximate surface area is 172 Å². The summed E-state index contributed by atoms with van der Waals surface area (Å²) < 4.78 is 13.7. The van der Waals surface area contributed by atoms with Crippen LogP contribution in [0.15, 0.2) is 60.8 Å². The number of pyridine rings is 1. The highest BCUT2D eigenvalue weighted by molar-refractivity contribution is 5.67. The average molecular weight is 402 g/mol. The summed E-state index contributed by atoms with van der Waals surface area (Å²) in [5, 5.41) is 26.0. The lowest BCUT2D eigenvalue weighted by molar-refractivity contribution is 0.0996. The van der Waals surface area contributed by atoms with Crippen LogP contribution in [0.25, 0.3) is 22.6 Å². The van der Waals surface area contributed by atoms with Crippen LogP contribution in [-0.4, -0.2) is 48.5 Å². The third-order valence-corrected chi connectivity index (χ3v) is 5.47. The normalized spacial score (nSPS) is 20.5. The van der Waals surface area contributed by atoms with Gasteiger partial charge in [0.05, 0.1) is 5.69 Å². The molecule has 3 heterocycles. The van der Waals surface area contributed by atoms with Crippen LogP contribution in [0.1, 0.15) is 18.5 Å². The van der Waals surface area contributed by atoms with Gasteiger partial charge < -0.3 is 5.32 Å². The molecule has 1 aromatic carbocycles. The number of aromatic amines is 1. The van der Waals surface area contributed by atoms with E-state index in [1.807, 2.05) is 54.6 Å². The maximum Gasteiger partial charge on any atom is 0.204 e. The Hall–Kier alpha value is -3.75. The molecule has 1 saturated carbocycles. The number of halogens is 1. The van der Waals surface area contributed by atoms with Crippen LogP contribution in [0, 0.1) is 0 Å². The van der Waals surface area contributed by atoms with Crippen molar-refractivity contribution in [3.05, 3.63) is 66.5 Å². The summed E-state index contributed by atoms with van der Waals surface area (Å²) in [5.74, 6) is 1.17. The maximum atomic E-state index is 13.7. The van der Waals surface area contributed by atoms with Crippen molar-refractivity contribution >= 4 is 5.82 Å². The molecule has 3 aromatic heterocycles. The third kappa shape index (κ3) is 3.49. The second-order valence-electron chi connectivity index (χ2n) is 7.47. The molecule has 5 rings (SSSR count). The molecular formula is C21H19FN8.